The number of methoxy groups -OCH3 is 2. The summed E-state index contributed by atoms with van der Waals surface area (Å²) in [6.45, 7) is 5.95. The first-order valence-electron chi connectivity index (χ1n) is 8.26. The van der Waals surface area contributed by atoms with Gasteiger partial charge in [0.1, 0.15) is 17.6 Å². The van der Waals surface area contributed by atoms with Crippen LogP contribution in [0.2, 0.25) is 0 Å². The van der Waals surface area contributed by atoms with Gasteiger partial charge in [0.25, 0.3) is 0 Å². The van der Waals surface area contributed by atoms with E-state index >= 15 is 0 Å². The van der Waals surface area contributed by atoms with Crippen molar-refractivity contribution in [2.75, 3.05) is 20.8 Å². The van der Waals surface area contributed by atoms with Crippen molar-refractivity contribution >= 4 is 17.3 Å². The molecule has 0 saturated carbocycles. The maximum absolute atomic E-state index is 12.5. The molecule has 0 amide bonds. The third-order valence-corrected chi connectivity index (χ3v) is 3.92. The highest BCUT2D eigenvalue weighted by Crippen LogP contribution is 2.41. The van der Waals surface area contributed by atoms with Gasteiger partial charge >= 0.3 is 0 Å². The largest absolute Gasteiger partial charge is 0.496 e. The van der Waals surface area contributed by atoms with Crippen LogP contribution in [0.5, 0.6) is 11.5 Å². The third-order valence-electron chi connectivity index (χ3n) is 3.92. The molecule has 6 nitrogen and oxygen atoms in total. The summed E-state index contributed by atoms with van der Waals surface area (Å²) in [5.74, 6) is -0.184. The monoisotopic (exact) mass is 357 g/mol. The molecule has 6 heteroatoms. The van der Waals surface area contributed by atoms with Crippen LogP contribution in [-0.2, 0) is 4.74 Å². The van der Waals surface area contributed by atoms with Crippen molar-refractivity contribution in [3.63, 3.8) is 0 Å². The summed E-state index contributed by atoms with van der Waals surface area (Å²) < 4.78 is 16.6. The number of carbonyl (C=O) groups is 2. The van der Waals surface area contributed by atoms with E-state index in [4.69, 9.17) is 19.6 Å². The van der Waals surface area contributed by atoms with Crippen molar-refractivity contribution in [3.05, 3.63) is 46.6 Å². The fourth-order valence-corrected chi connectivity index (χ4v) is 2.93. The van der Waals surface area contributed by atoms with Crippen LogP contribution < -0.4 is 9.47 Å². The predicted molar refractivity (Wildman–Crippen MR) is 98.9 cm³/mol. The molecule has 1 unspecified atom stereocenters. The zero-order chi connectivity index (χ0) is 19.4. The van der Waals surface area contributed by atoms with Gasteiger partial charge < -0.3 is 19.6 Å². The highest BCUT2D eigenvalue weighted by Gasteiger charge is 2.33. The van der Waals surface area contributed by atoms with E-state index in [1.54, 1.807) is 12.1 Å². The Bertz CT molecular complexity index is 816. The average Bonchev–Trinajstić information content (AvgIpc) is 2.60. The van der Waals surface area contributed by atoms with Gasteiger partial charge in [-0.2, -0.15) is 0 Å². The minimum atomic E-state index is -0.752. The number of ketones is 2. The minimum Gasteiger partial charge on any atom is -0.496 e. The lowest BCUT2D eigenvalue weighted by Crippen LogP contribution is -2.20. The van der Waals surface area contributed by atoms with Crippen LogP contribution >= 0.6 is 0 Å². The standard InChI is InChI=1S/C20H23NO5/c1-6-26-19(13(21)9-11(2)3)12-10-16(24-4)17-14(22)7-8-15(23)18(17)20(12)25-5/h7-10,19,21H,6H2,1-5H3. The third kappa shape index (κ3) is 3.60. The smallest absolute Gasteiger partial charge is 0.190 e. The second-order valence-corrected chi connectivity index (χ2v) is 6.03. The Morgan fingerprint density at radius 2 is 1.73 bits per heavy atom. The molecule has 0 bridgehead atoms. The lowest BCUT2D eigenvalue weighted by molar-refractivity contribution is 0.0981. The van der Waals surface area contributed by atoms with E-state index in [0.29, 0.717) is 12.2 Å². The van der Waals surface area contributed by atoms with Crippen molar-refractivity contribution in [2.24, 2.45) is 0 Å². The Balaban J connectivity index is 2.78. The van der Waals surface area contributed by atoms with Crippen LogP contribution in [0.3, 0.4) is 0 Å². The van der Waals surface area contributed by atoms with Crippen molar-refractivity contribution in [3.8, 4) is 11.5 Å². The van der Waals surface area contributed by atoms with Gasteiger partial charge in [-0.3, -0.25) is 9.59 Å². The first-order chi connectivity index (χ1) is 12.3. The Morgan fingerprint density at radius 3 is 2.23 bits per heavy atom. The molecule has 0 fully saturated rings. The molecule has 0 aliphatic heterocycles. The molecule has 1 aliphatic rings. The normalized spacial score (nSPS) is 13.9. The summed E-state index contributed by atoms with van der Waals surface area (Å²) in [4.78, 5) is 24.8. The van der Waals surface area contributed by atoms with Gasteiger partial charge in [0.05, 0.1) is 31.1 Å². The zero-order valence-corrected chi connectivity index (χ0v) is 15.6. The Kier molecular flexibility index (Phi) is 6.10. The first kappa shape index (κ1) is 19.6. The Hall–Kier alpha value is -2.73. The second-order valence-electron chi connectivity index (χ2n) is 6.03. The first-order valence-corrected chi connectivity index (χ1v) is 8.26. The van der Waals surface area contributed by atoms with Crippen LogP contribution in [0.4, 0.5) is 0 Å². The number of nitrogens with one attached hydrogen (secondary N) is 1. The molecule has 0 radical (unpaired) electrons. The molecule has 1 aromatic rings. The second kappa shape index (κ2) is 8.10. The van der Waals surface area contributed by atoms with E-state index < -0.39 is 6.10 Å². The fourth-order valence-electron chi connectivity index (χ4n) is 2.93. The van der Waals surface area contributed by atoms with Crippen molar-refractivity contribution in [1.29, 1.82) is 5.41 Å². The minimum absolute atomic E-state index is 0.143. The summed E-state index contributed by atoms with van der Waals surface area (Å²) in [5, 5.41) is 8.38. The molecule has 1 aromatic carbocycles. The molecule has 138 valence electrons. The molecular formula is C20H23NO5. The Labute approximate surface area is 153 Å². The molecule has 1 atom stereocenters. The van der Waals surface area contributed by atoms with Crippen molar-refractivity contribution < 1.29 is 23.8 Å². The predicted octanol–water partition coefficient (Wildman–Crippen LogP) is 3.70. The topological polar surface area (TPSA) is 85.7 Å². The average molecular weight is 357 g/mol. The van der Waals surface area contributed by atoms with Gasteiger partial charge in [-0.05, 0) is 45.1 Å². The number of hydrogen-bond donors (Lipinski definition) is 1. The maximum Gasteiger partial charge on any atom is 0.190 e. The Morgan fingerprint density at radius 1 is 1.12 bits per heavy atom. The molecule has 0 aromatic heterocycles. The number of benzene rings is 1. The van der Waals surface area contributed by atoms with Gasteiger partial charge in [-0.15, -0.1) is 0 Å². The van der Waals surface area contributed by atoms with Crippen LogP contribution in [-0.4, -0.2) is 38.1 Å². The van der Waals surface area contributed by atoms with Gasteiger partial charge in [-0.25, -0.2) is 0 Å². The van der Waals surface area contributed by atoms with E-state index in [2.05, 4.69) is 0 Å². The summed E-state index contributed by atoms with van der Waals surface area (Å²) >= 11 is 0. The lowest BCUT2D eigenvalue weighted by atomic mass is 9.88. The molecule has 1 N–H and O–H groups in total. The fraction of sp³-hybridized carbons (Fsp3) is 0.350. The van der Waals surface area contributed by atoms with Crippen LogP contribution in [0, 0.1) is 5.41 Å². The van der Waals surface area contributed by atoms with Gasteiger partial charge in [0.15, 0.2) is 11.6 Å². The number of ether oxygens (including phenoxy) is 3. The van der Waals surface area contributed by atoms with E-state index in [0.717, 1.165) is 5.57 Å². The molecular weight excluding hydrogens is 334 g/mol. The number of carbonyl (C=O) groups excluding carboxylic acids is 2. The van der Waals surface area contributed by atoms with E-state index in [-0.39, 0.29) is 39.9 Å². The molecule has 0 heterocycles. The highest BCUT2D eigenvalue weighted by atomic mass is 16.5. The van der Waals surface area contributed by atoms with Gasteiger partial charge in [0.2, 0.25) is 0 Å². The van der Waals surface area contributed by atoms with Crippen LogP contribution in [0.25, 0.3) is 0 Å². The zero-order valence-electron chi connectivity index (χ0n) is 15.6. The van der Waals surface area contributed by atoms with Crippen molar-refractivity contribution in [1.82, 2.24) is 0 Å². The molecule has 0 spiro atoms. The van der Waals surface area contributed by atoms with E-state index in [1.807, 2.05) is 20.8 Å². The number of hydrogen-bond acceptors (Lipinski definition) is 6. The summed E-state index contributed by atoms with van der Waals surface area (Å²) in [6.07, 6.45) is 3.38. The number of fused-ring (bicyclic) bond motifs is 1. The maximum atomic E-state index is 12.5. The van der Waals surface area contributed by atoms with E-state index in [1.165, 1.54) is 26.4 Å². The molecule has 2 rings (SSSR count). The SMILES string of the molecule is CCOC(C(=N)C=C(C)C)c1cc(OC)c2c(c1OC)C(=O)C=CC2=O. The van der Waals surface area contributed by atoms with Gasteiger partial charge in [-0.1, -0.05) is 5.57 Å². The van der Waals surface area contributed by atoms with Crippen LogP contribution in [0.15, 0.2) is 29.9 Å². The van der Waals surface area contributed by atoms with Crippen LogP contribution in [0.1, 0.15) is 53.2 Å². The van der Waals surface area contributed by atoms with E-state index in [9.17, 15) is 9.59 Å². The highest BCUT2D eigenvalue weighted by molar-refractivity contribution is 6.24. The summed E-state index contributed by atoms with van der Waals surface area (Å²) in [6, 6.07) is 1.61. The lowest BCUT2D eigenvalue weighted by Gasteiger charge is -2.24. The summed E-state index contributed by atoms with van der Waals surface area (Å²) in [7, 11) is 2.86. The summed E-state index contributed by atoms with van der Waals surface area (Å²) in [5.41, 5.74) is 1.95. The number of allylic oxidation sites excluding steroid dienone is 3. The molecule has 26 heavy (non-hydrogen) atoms. The molecule has 1 aliphatic carbocycles. The van der Waals surface area contributed by atoms with Gasteiger partial charge in [0, 0.05) is 12.2 Å². The quantitative estimate of drug-likeness (QED) is 0.752. The van der Waals surface area contributed by atoms with Crippen molar-refractivity contribution in [2.45, 2.75) is 26.9 Å². The molecule has 0 saturated heterocycles. The number of rotatable bonds is 7.